The van der Waals surface area contributed by atoms with E-state index in [1.165, 1.54) is 0 Å². The predicted octanol–water partition coefficient (Wildman–Crippen LogP) is 3.52. The molecule has 21 heavy (non-hydrogen) atoms. The normalized spacial score (nSPS) is 12.3. The number of unbranched alkanes of at least 4 members (excludes halogenated alkanes) is 3. The molecule has 0 bridgehead atoms. The van der Waals surface area contributed by atoms with Gasteiger partial charge < -0.3 is 14.8 Å². The molecule has 0 unspecified atom stereocenters. The molecule has 0 radical (unpaired) electrons. The zero-order valence-corrected chi connectivity index (χ0v) is 14.1. The van der Waals surface area contributed by atoms with Crippen LogP contribution in [0.1, 0.15) is 60.3 Å². The van der Waals surface area contributed by atoms with Crippen molar-refractivity contribution in [3.05, 3.63) is 0 Å². The predicted molar refractivity (Wildman–Crippen MR) is 83.0 cm³/mol. The number of ether oxygens (including phenoxy) is 2. The van der Waals surface area contributed by atoms with Gasteiger partial charge in [-0.05, 0) is 18.3 Å². The van der Waals surface area contributed by atoms with E-state index in [4.69, 9.17) is 9.47 Å². The van der Waals surface area contributed by atoms with Crippen molar-refractivity contribution < 1.29 is 19.1 Å². The number of carbonyl (C=O) groups excluding carboxylic acids is 2. The van der Waals surface area contributed by atoms with Crippen molar-refractivity contribution in [1.82, 2.24) is 5.32 Å². The molecule has 0 aliphatic carbocycles. The summed E-state index contributed by atoms with van der Waals surface area (Å²) in [4.78, 5) is 23.6. The second-order valence-corrected chi connectivity index (χ2v) is 6.09. The number of amides is 1. The maximum atomic E-state index is 12.0. The molecule has 0 aromatic carbocycles. The Balaban J connectivity index is 4.15. The lowest BCUT2D eigenvalue weighted by molar-refractivity contribution is -0.147. The van der Waals surface area contributed by atoms with Crippen LogP contribution in [-0.2, 0) is 14.3 Å². The Morgan fingerprint density at radius 1 is 1.00 bits per heavy atom. The van der Waals surface area contributed by atoms with E-state index in [1.807, 2.05) is 27.7 Å². The molecule has 0 spiro atoms. The highest BCUT2D eigenvalue weighted by Gasteiger charge is 2.26. The highest BCUT2D eigenvalue weighted by molar-refractivity contribution is 5.81. The molecule has 124 valence electrons. The van der Waals surface area contributed by atoms with E-state index in [1.54, 1.807) is 0 Å². The fraction of sp³-hybridized carbons (Fsp3) is 0.875. The minimum absolute atomic E-state index is 0.0419. The monoisotopic (exact) mass is 301 g/mol. The summed E-state index contributed by atoms with van der Waals surface area (Å²) in [6.07, 6.45) is 3.64. The lowest BCUT2D eigenvalue weighted by Gasteiger charge is -2.21. The maximum absolute atomic E-state index is 12.0. The van der Waals surface area contributed by atoms with Crippen molar-refractivity contribution >= 4 is 12.1 Å². The molecule has 0 aromatic heterocycles. The molecule has 0 rings (SSSR count). The van der Waals surface area contributed by atoms with Crippen molar-refractivity contribution in [3.63, 3.8) is 0 Å². The molecular formula is C16H31NO4. The number of rotatable bonds is 10. The SMILES string of the molecule is CCCCCCOC(=O)[C@@H](NC(=O)OCC(C)C)C(C)C. The molecule has 1 atom stereocenters. The Morgan fingerprint density at radius 3 is 2.19 bits per heavy atom. The molecule has 1 amide bonds. The van der Waals surface area contributed by atoms with Gasteiger partial charge >= 0.3 is 12.1 Å². The molecular weight excluding hydrogens is 270 g/mol. The van der Waals surface area contributed by atoms with Crippen LogP contribution in [0.5, 0.6) is 0 Å². The second-order valence-electron chi connectivity index (χ2n) is 6.09. The van der Waals surface area contributed by atoms with Gasteiger partial charge in [-0.25, -0.2) is 9.59 Å². The van der Waals surface area contributed by atoms with Gasteiger partial charge in [0.2, 0.25) is 0 Å². The van der Waals surface area contributed by atoms with Crippen molar-refractivity contribution in [2.24, 2.45) is 11.8 Å². The van der Waals surface area contributed by atoms with Crippen molar-refractivity contribution in [2.45, 2.75) is 66.3 Å². The van der Waals surface area contributed by atoms with E-state index >= 15 is 0 Å². The number of hydrogen-bond donors (Lipinski definition) is 1. The van der Waals surface area contributed by atoms with Gasteiger partial charge in [-0.15, -0.1) is 0 Å². The van der Waals surface area contributed by atoms with Gasteiger partial charge in [-0.2, -0.15) is 0 Å². The first-order chi connectivity index (χ1) is 9.88. The average molecular weight is 301 g/mol. The highest BCUT2D eigenvalue weighted by atomic mass is 16.6. The van der Waals surface area contributed by atoms with Crippen LogP contribution in [0.15, 0.2) is 0 Å². The van der Waals surface area contributed by atoms with E-state index in [-0.39, 0.29) is 17.8 Å². The number of hydrogen-bond acceptors (Lipinski definition) is 4. The van der Waals surface area contributed by atoms with Gasteiger partial charge in [0.1, 0.15) is 6.04 Å². The third kappa shape index (κ3) is 10.2. The summed E-state index contributed by atoms with van der Waals surface area (Å²) in [6.45, 7) is 10.5. The molecule has 5 nitrogen and oxygen atoms in total. The maximum Gasteiger partial charge on any atom is 0.407 e. The summed E-state index contributed by atoms with van der Waals surface area (Å²) in [7, 11) is 0. The summed E-state index contributed by atoms with van der Waals surface area (Å²) < 4.78 is 10.3. The van der Waals surface area contributed by atoms with E-state index in [9.17, 15) is 9.59 Å². The van der Waals surface area contributed by atoms with E-state index in [0.717, 1.165) is 25.7 Å². The molecule has 0 saturated heterocycles. The summed E-state index contributed by atoms with van der Waals surface area (Å²) in [5, 5.41) is 2.59. The highest BCUT2D eigenvalue weighted by Crippen LogP contribution is 2.06. The van der Waals surface area contributed by atoms with Crippen LogP contribution in [0.2, 0.25) is 0 Å². The number of carbonyl (C=O) groups is 2. The molecule has 1 N–H and O–H groups in total. The number of alkyl carbamates (subject to hydrolysis) is 1. The van der Waals surface area contributed by atoms with Gasteiger partial charge in [0.15, 0.2) is 0 Å². The molecule has 0 saturated carbocycles. The second kappa shape index (κ2) is 11.4. The van der Waals surface area contributed by atoms with Crippen LogP contribution in [0.25, 0.3) is 0 Å². The van der Waals surface area contributed by atoms with Crippen molar-refractivity contribution in [3.8, 4) is 0 Å². The van der Waals surface area contributed by atoms with Crippen molar-refractivity contribution in [1.29, 1.82) is 0 Å². The van der Waals surface area contributed by atoms with Crippen LogP contribution in [0, 0.1) is 11.8 Å². The zero-order chi connectivity index (χ0) is 16.3. The molecule has 0 aromatic rings. The molecule has 0 heterocycles. The summed E-state index contributed by atoms with van der Waals surface area (Å²) in [6, 6.07) is -0.657. The Labute approximate surface area is 128 Å². The van der Waals surface area contributed by atoms with Crippen LogP contribution in [0.3, 0.4) is 0 Å². The summed E-state index contributed by atoms with van der Waals surface area (Å²) in [5.41, 5.74) is 0. The third-order valence-corrected chi connectivity index (χ3v) is 2.98. The van der Waals surface area contributed by atoms with Gasteiger partial charge in [0.05, 0.1) is 13.2 Å². The lowest BCUT2D eigenvalue weighted by Crippen LogP contribution is -2.45. The Bertz CT molecular complexity index is 303. The largest absolute Gasteiger partial charge is 0.464 e. The lowest BCUT2D eigenvalue weighted by atomic mass is 10.1. The molecule has 0 fully saturated rings. The van der Waals surface area contributed by atoms with E-state index < -0.39 is 12.1 Å². The molecule has 0 aliphatic heterocycles. The standard InChI is InChI=1S/C16H31NO4/c1-6-7-8-9-10-20-15(18)14(13(4)5)17-16(19)21-11-12(2)3/h12-14H,6-11H2,1-5H3,(H,17,19)/t14-/m0/s1. The van der Waals surface area contributed by atoms with Gasteiger partial charge in [-0.1, -0.05) is 53.9 Å². The van der Waals surface area contributed by atoms with Gasteiger partial charge in [0.25, 0.3) is 0 Å². The van der Waals surface area contributed by atoms with Crippen LogP contribution >= 0.6 is 0 Å². The van der Waals surface area contributed by atoms with Crippen LogP contribution in [-0.4, -0.2) is 31.3 Å². The smallest absolute Gasteiger partial charge is 0.407 e. The topological polar surface area (TPSA) is 64.6 Å². The van der Waals surface area contributed by atoms with Gasteiger partial charge in [-0.3, -0.25) is 0 Å². The Hall–Kier alpha value is -1.26. The zero-order valence-electron chi connectivity index (χ0n) is 14.1. The molecule has 5 heteroatoms. The van der Waals surface area contributed by atoms with E-state index in [2.05, 4.69) is 12.2 Å². The minimum atomic E-state index is -0.657. The summed E-state index contributed by atoms with van der Waals surface area (Å²) >= 11 is 0. The fourth-order valence-corrected chi connectivity index (χ4v) is 1.70. The minimum Gasteiger partial charge on any atom is -0.464 e. The van der Waals surface area contributed by atoms with Crippen molar-refractivity contribution in [2.75, 3.05) is 13.2 Å². The van der Waals surface area contributed by atoms with Gasteiger partial charge in [0, 0.05) is 0 Å². The first-order valence-corrected chi connectivity index (χ1v) is 7.98. The van der Waals surface area contributed by atoms with E-state index in [0.29, 0.717) is 13.2 Å². The Morgan fingerprint density at radius 2 is 1.67 bits per heavy atom. The first kappa shape index (κ1) is 19.7. The fourth-order valence-electron chi connectivity index (χ4n) is 1.70. The van der Waals surface area contributed by atoms with Crippen LogP contribution in [0.4, 0.5) is 4.79 Å². The third-order valence-electron chi connectivity index (χ3n) is 2.98. The van der Waals surface area contributed by atoms with Crippen LogP contribution < -0.4 is 5.32 Å². The summed E-state index contributed by atoms with van der Waals surface area (Å²) in [5.74, 6) is -0.165. The quantitative estimate of drug-likeness (QED) is 0.495. The molecule has 0 aliphatic rings. The Kier molecular flexibility index (Phi) is 10.7. The number of esters is 1. The first-order valence-electron chi connectivity index (χ1n) is 7.98. The average Bonchev–Trinajstić information content (AvgIpc) is 2.41. The number of nitrogens with one attached hydrogen (secondary N) is 1.